The van der Waals surface area contributed by atoms with E-state index in [0.717, 1.165) is 11.1 Å². The van der Waals surface area contributed by atoms with Crippen LogP contribution in [0.1, 0.15) is 34.0 Å². The van der Waals surface area contributed by atoms with Gasteiger partial charge in [0.25, 0.3) is 5.91 Å². The first-order valence-corrected chi connectivity index (χ1v) is 12.3. The molecular weight excluding hydrogens is 525 g/mol. The maximum Gasteiger partial charge on any atom is 0.323 e. The number of halogens is 3. The number of methoxy groups -OCH3 is 1. The largest absolute Gasteiger partial charge is 0.493 e. The molecule has 1 aliphatic heterocycles. The highest BCUT2D eigenvalue weighted by atomic mass is 35.5. The summed E-state index contributed by atoms with van der Waals surface area (Å²) in [4.78, 5) is 26.3. The molecule has 1 heterocycles. The number of ether oxygens (including phenoxy) is 2. The Morgan fingerprint density at radius 3 is 2.36 bits per heavy atom. The summed E-state index contributed by atoms with van der Waals surface area (Å²) in [7, 11) is 1.51. The molecule has 1 amide bonds. The minimum Gasteiger partial charge on any atom is -0.493 e. The van der Waals surface area contributed by atoms with E-state index < -0.39 is 24.0 Å². The van der Waals surface area contributed by atoms with E-state index in [2.05, 4.69) is 0 Å². The first kappa shape index (κ1) is 26.1. The lowest BCUT2D eigenvalue weighted by atomic mass is 9.91. The number of carboxylic acid groups (broad SMARTS) is 1. The molecule has 0 fully saturated rings. The molecule has 0 bridgehead atoms. The number of hydrogen-bond acceptors (Lipinski definition) is 4. The lowest BCUT2D eigenvalue weighted by molar-refractivity contribution is -0.137. The number of nitrogens with zero attached hydrogens (tertiary/aromatic N) is 1. The van der Waals surface area contributed by atoms with E-state index in [-0.39, 0.29) is 6.54 Å². The third-order valence-electron chi connectivity index (χ3n) is 5.97. The topological polar surface area (TPSA) is 76.1 Å². The van der Waals surface area contributed by atoms with Crippen molar-refractivity contribution in [3.8, 4) is 11.5 Å². The summed E-state index contributed by atoms with van der Waals surface area (Å²) in [6.07, 6.45) is 1.18. The lowest BCUT2D eigenvalue weighted by Gasteiger charge is -2.24. The van der Waals surface area contributed by atoms with Gasteiger partial charge in [0.2, 0.25) is 0 Å². The van der Waals surface area contributed by atoms with Gasteiger partial charge in [0.1, 0.15) is 12.1 Å². The predicted molar refractivity (Wildman–Crippen MR) is 140 cm³/mol. The minimum atomic E-state index is -1.13. The van der Waals surface area contributed by atoms with Crippen LogP contribution in [0.3, 0.4) is 0 Å². The van der Waals surface area contributed by atoms with E-state index in [1.807, 2.05) is 31.2 Å². The van der Waals surface area contributed by atoms with Gasteiger partial charge in [-0.2, -0.15) is 0 Å². The van der Waals surface area contributed by atoms with Crippen LogP contribution in [0.5, 0.6) is 11.5 Å². The standard InChI is InChI=1S/C27H24Cl3NO5/c1-27(12-16-3-6-20(28)7-4-16)13-19-10-18(11-23(35-2)25(19)36-27)26(34)31(15-24(32)33)14-17-5-8-21(29)22(30)9-17/h3-11H,12-15H2,1-2H3,(H,32,33)/t27-/m1/s1. The van der Waals surface area contributed by atoms with Crippen LogP contribution in [0.2, 0.25) is 15.1 Å². The maximum atomic E-state index is 13.5. The summed E-state index contributed by atoms with van der Waals surface area (Å²) in [6, 6.07) is 15.9. The van der Waals surface area contributed by atoms with Gasteiger partial charge in [0.05, 0.1) is 17.2 Å². The third-order valence-corrected chi connectivity index (χ3v) is 6.96. The fraction of sp³-hybridized carbons (Fsp3) is 0.259. The summed E-state index contributed by atoms with van der Waals surface area (Å²) < 4.78 is 11.9. The van der Waals surface area contributed by atoms with Gasteiger partial charge in [-0.05, 0) is 54.4 Å². The zero-order chi connectivity index (χ0) is 26.0. The van der Waals surface area contributed by atoms with Crippen molar-refractivity contribution in [1.82, 2.24) is 4.90 Å². The third kappa shape index (κ3) is 5.89. The zero-order valence-corrected chi connectivity index (χ0v) is 22.0. The summed E-state index contributed by atoms with van der Waals surface area (Å²) in [5.74, 6) is -0.577. The molecule has 0 aliphatic carbocycles. The van der Waals surface area contributed by atoms with Crippen molar-refractivity contribution in [2.24, 2.45) is 0 Å². The molecule has 1 atom stereocenters. The Bertz CT molecular complexity index is 1310. The van der Waals surface area contributed by atoms with Gasteiger partial charge in [-0.25, -0.2) is 0 Å². The molecule has 36 heavy (non-hydrogen) atoms. The van der Waals surface area contributed by atoms with Crippen molar-refractivity contribution >= 4 is 46.7 Å². The van der Waals surface area contributed by atoms with Gasteiger partial charge in [-0.1, -0.05) is 53.0 Å². The molecule has 1 N–H and O–H groups in total. The smallest absolute Gasteiger partial charge is 0.323 e. The highest BCUT2D eigenvalue weighted by Gasteiger charge is 2.38. The van der Waals surface area contributed by atoms with E-state index in [9.17, 15) is 14.7 Å². The van der Waals surface area contributed by atoms with Crippen molar-refractivity contribution < 1.29 is 24.2 Å². The Morgan fingerprint density at radius 2 is 1.72 bits per heavy atom. The Labute approximate surface area is 224 Å². The molecule has 0 spiro atoms. The zero-order valence-electron chi connectivity index (χ0n) is 19.7. The van der Waals surface area contributed by atoms with Crippen LogP contribution in [0.25, 0.3) is 0 Å². The summed E-state index contributed by atoms with van der Waals surface area (Å²) in [5.41, 5.74) is 2.31. The molecule has 3 aromatic rings. The second-order valence-corrected chi connectivity index (χ2v) is 10.3. The molecule has 0 radical (unpaired) electrons. The van der Waals surface area contributed by atoms with E-state index in [0.29, 0.717) is 50.5 Å². The monoisotopic (exact) mass is 547 g/mol. The van der Waals surface area contributed by atoms with Crippen LogP contribution in [0, 0.1) is 0 Å². The Morgan fingerprint density at radius 1 is 1.03 bits per heavy atom. The normalized spacial score (nSPS) is 16.2. The average Bonchev–Trinajstić information content (AvgIpc) is 3.16. The fourth-order valence-corrected chi connectivity index (χ4v) is 4.85. The number of amides is 1. The maximum absolute atomic E-state index is 13.5. The molecule has 1 aliphatic rings. The number of fused-ring (bicyclic) bond motifs is 1. The van der Waals surface area contributed by atoms with E-state index in [1.165, 1.54) is 12.0 Å². The molecule has 0 aromatic heterocycles. The van der Waals surface area contributed by atoms with E-state index in [1.54, 1.807) is 30.3 Å². The molecule has 4 rings (SSSR count). The number of carboxylic acids is 1. The Hall–Kier alpha value is -2.93. The van der Waals surface area contributed by atoms with Crippen LogP contribution in [-0.2, 0) is 24.2 Å². The number of benzene rings is 3. The van der Waals surface area contributed by atoms with Gasteiger partial charge in [-0.15, -0.1) is 0 Å². The SMILES string of the molecule is COc1cc(C(=O)N(CC(=O)O)Cc2ccc(Cl)c(Cl)c2)cc2c1O[C@](C)(Cc1ccc(Cl)cc1)C2. The van der Waals surface area contributed by atoms with E-state index in [4.69, 9.17) is 44.3 Å². The fourth-order valence-electron chi connectivity index (χ4n) is 4.40. The van der Waals surface area contributed by atoms with Crippen molar-refractivity contribution in [2.75, 3.05) is 13.7 Å². The summed E-state index contributed by atoms with van der Waals surface area (Å²) in [6.45, 7) is 1.57. The van der Waals surface area contributed by atoms with Crippen LogP contribution in [0.4, 0.5) is 0 Å². The first-order chi connectivity index (χ1) is 17.1. The van der Waals surface area contributed by atoms with Gasteiger partial charge in [-0.3, -0.25) is 9.59 Å². The second-order valence-electron chi connectivity index (χ2n) is 9.00. The molecule has 0 unspecified atom stereocenters. The van der Waals surface area contributed by atoms with Crippen molar-refractivity contribution in [2.45, 2.75) is 31.9 Å². The molecule has 9 heteroatoms. The minimum absolute atomic E-state index is 0.0478. The number of rotatable bonds is 8. The highest BCUT2D eigenvalue weighted by molar-refractivity contribution is 6.42. The van der Waals surface area contributed by atoms with Crippen LogP contribution in [0.15, 0.2) is 54.6 Å². The molecule has 0 saturated carbocycles. The van der Waals surface area contributed by atoms with Gasteiger partial charge in [0, 0.05) is 35.5 Å². The summed E-state index contributed by atoms with van der Waals surface area (Å²) in [5, 5.41) is 10.8. The molecule has 6 nitrogen and oxygen atoms in total. The highest BCUT2D eigenvalue weighted by Crippen LogP contribution is 2.44. The molecule has 3 aromatic carbocycles. The Kier molecular flexibility index (Phi) is 7.69. The number of carbonyl (C=O) groups is 2. The number of aliphatic carboxylic acids is 1. The van der Waals surface area contributed by atoms with Crippen LogP contribution >= 0.6 is 34.8 Å². The van der Waals surface area contributed by atoms with Crippen LogP contribution < -0.4 is 9.47 Å². The predicted octanol–water partition coefficient (Wildman–Crippen LogP) is 6.32. The van der Waals surface area contributed by atoms with E-state index >= 15 is 0 Å². The van der Waals surface area contributed by atoms with Crippen molar-refractivity contribution in [3.05, 3.63) is 91.9 Å². The molecular formula is C27H24Cl3NO5. The van der Waals surface area contributed by atoms with Crippen molar-refractivity contribution in [3.63, 3.8) is 0 Å². The second kappa shape index (κ2) is 10.6. The first-order valence-electron chi connectivity index (χ1n) is 11.2. The van der Waals surface area contributed by atoms with Crippen molar-refractivity contribution in [1.29, 1.82) is 0 Å². The Balaban J connectivity index is 1.61. The quantitative estimate of drug-likeness (QED) is 0.357. The average molecular weight is 549 g/mol. The van der Waals surface area contributed by atoms with Crippen LogP contribution in [-0.4, -0.2) is 41.1 Å². The number of carbonyl (C=O) groups excluding carboxylic acids is 1. The number of hydrogen-bond donors (Lipinski definition) is 1. The molecule has 188 valence electrons. The van der Waals surface area contributed by atoms with Gasteiger partial charge < -0.3 is 19.5 Å². The summed E-state index contributed by atoms with van der Waals surface area (Å²) >= 11 is 18.1. The van der Waals surface area contributed by atoms with Gasteiger partial charge >= 0.3 is 5.97 Å². The lowest BCUT2D eigenvalue weighted by Crippen LogP contribution is -2.35. The van der Waals surface area contributed by atoms with Gasteiger partial charge in [0.15, 0.2) is 11.5 Å². The molecule has 0 saturated heterocycles.